The minimum atomic E-state index is -0.513. The van der Waals surface area contributed by atoms with E-state index in [9.17, 15) is 14.9 Å². The molecule has 7 heteroatoms. The molecule has 0 bridgehead atoms. The van der Waals surface area contributed by atoms with Crippen LogP contribution in [-0.4, -0.2) is 23.1 Å². The Hall–Kier alpha value is -3.22. The summed E-state index contributed by atoms with van der Waals surface area (Å²) >= 11 is 0. The van der Waals surface area contributed by atoms with E-state index in [1.165, 1.54) is 18.2 Å². The van der Waals surface area contributed by atoms with Gasteiger partial charge in [-0.1, -0.05) is 6.07 Å². The summed E-state index contributed by atoms with van der Waals surface area (Å²) in [5.74, 6) is 0.253. The highest BCUT2D eigenvalue weighted by molar-refractivity contribution is 6.01. The fourth-order valence-corrected chi connectivity index (χ4v) is 2.17. The maximum atomic E-state index is 12.1. The first-order chi connectivity index (χ1) is 11.9. The van der Waals surface area contributed by atoms with E-state index in [1.807, 2.05) is 31.2 Å². The number of aryl methyl sites for hydroxylation is 1. The van der Waals surface area contributed by atoms with Crippen molar-refractivity contribution < 1.29 is 14.5 Å². The molecule has 0 saturated heterocycles. The number of nitro groups is 1. The van der Waals surface area contributed by atoms with Crippen LogP contribution in [0.1, 0.15) is 35.3 Å². The van der Waals surface area contributed by atoms with Gasteiger partial charge in [0.15, 0.2) is 0 Å². The minimum absolute atomic E-state index is 0.0973. The molecule has 2 rings (SSSR count). The molecule has 0 aliphatic carbocycles. The first kappa shape index (κ1) is 18.1. The number of benzene rings is 2. The third-order valence-electron chi connectivity index (χ3n) is 3.58. The zero-order valence-corrected chi connectivity index (χ0v) is 14.3. The fourth-order valence-electron chi connectivity index (χ4n) is 2.17. The van der Waals surface area contributed by atoms with Gasteiger partial charge in [-0.2, -0.15) is 5.10 Å². The first-order valence-corrected chi connectivity index (χ1v) is 7.75. The third kappa shape index (κ3) is 4.63. The second kappa shape index (κ2) is 8.05. The number of hydrogen-bond donors (Lipinski definition) is 1. The number of nitro benzene ring substituents is 1. The lowest BCUT2D eigenvalue weighted by Gasteiger charge is -2.06. The number of carbonyl (C=O) groups is 1. The van der Waals surface area contributed by atoms with E-state index in [4.69, 9.17) is 4.74 Å². The molecule has 0 fully saturated rings. The molecule has 25 heavy (non-hydrogen) atoms. The molecule has 130 valence electrons. The summed E-state index contributed by atoms with van der Waals surface area (Å²) in [6, 6.07) is 11.6. The van der Waals surface area contributed by atoms with Crippen molar-refractivity contribution in [3.63, 3.8) is 0 Å². The molecule has 2 aromatic carbocycles. The predicted octanol–water partition coefficient (Wildman–Crippen LogP) is 3.46. The summed E-state index contributed by atoms with van der Waals surface area (Å²) in [6.45, 7) is 5.87. The van der Waals surface area contributed by atoms with Crippen LogP contribution in [0.15, 0.2) is 47.6 Å². The van der Waals surface area contributed by atoms with Crippen molar-refractivity contribution in [1.29, 1.82) is 0 Å². The van der Waals surface area contributed by atoms with E-state index in [0.717, 1.165) is 11.3 Å². The predicted molar refractivity (Wildman–Crippen MR) is 95.1 cm³/mol. The Bertz CT molecular complexity index is 814. The first-order valence-electron chi connectivity index (χ1n) is 7.75. The summed E-state index contributed by atoms with van der Waals surface area (Å²) in [4.78, 5) is 22.6. The van der Waals surface area contributed by atoms with Gasteiger partial charge >= 0.3 is 0 Å². The lowest BCUT2D eigenvalue weighted by Crippen LogP contribution is -2.19. The van der Waals surface area contributed by atoms with Gasteiger partial charge in [-0.05, 0) is 56.7 Å². The molecule has 0 spiro atoms. The zero-order valence-electron chi connectivity index (χ0n) is 14.3. The summed E-state index contributed by atoms with van der Waals surface area (Å²) < 4.78 is 5.37. The Morgan fingerprint density at radius 1 is 1.20 bits per heavy atom. The molecule has 1 N–H and O–H groups in total. The van der Waals surface area contributed by atoms with Gasteiger partial charge in [-0.25, -0.2) is 5.43 Å². The minimum Gasteiger partial charge on any atom is -0.494 e. The number of hydrogen-bond acceptors (Lipinski definition) is 5. The van der Waals surface area contributed by atoms with Crippen LogP contribution in [-0.2, 0) is 0 Å². The van der Waals surface area contributed by atoms with Crippen molar-refractivity contribution in [1.82, 2.24) is 5.43 Å². The number of amides is 1. The number of nitrogens with one attached hydrogen (secondary N) is 1. The van der Waals surface area contributed by atoms with E-state index < -0.39 is 10.8 Å². The number of ether oxygens (including phenoxy) is 1. The third-order valence-corrected chi connectivity index (χ3v) is 3.58. The van der Waals surface area contributed by atoms with Crippen LogP contribution in [0.3, 0.4) is 0 Å². The van der Waals surface area contributed by atoms with Crippen molar-refractivity contribution in [2.75, 3.05) is 6.61 Å². The number of nitrogens with zero attached hydrogens (tertiary/aromatic N) is 2. The van der Waals surface area contributed by atoms with Gasteiger partial charge in [0.05, 0.1) is 17.2 Å². The molecule has 0 heterocycles. The standard InChI is InChI=1S/C18H19N3O4/c1-4-25-16-9-7-14(8-10-16)13(3)19-20-18(22)15-6-5-12(2)17(11-15)21(23)24/h5-11H,4H2,1-3H3,(H,20,22). The fraction of sp³-hybridized carbons (Fsp3) is 0.222. The molecule has 0 aliphatic heterocycles. The molecule has 0 aliphatic rings. The highest BCUT2D eigenvalue weighted by atomic mass is 16.6. The SMILES string of the molecule is CCOc1ccc(C(C)=NNC(=O)c2ccc(C)c([N+](=O)[O-])c2)cc1. The monoisotopic (exact) mass is 341 g/mol. The molecule has 7 nitrogen and oxygen atoms in total. The maximum Gasteiger partial charge on any atom is 0.273 e. The van der Waals surface area contributed by atoms with Gasteiger partial charge in [-0.15, -0.1) is 0 Å². The summed E-state index contributed by atoms with van der Waals surface area (Å²) in [7, 11) is 0. The Kier molecular flexibility index (Phi) is 5.84. The van der Waals surface area contributed by atoms with Gasteiger partial charge in [-0.3, -0.25) is 14.9 Å². The molecule has 0 atom stereocenters. The van der Waals surface area contributed by atoms with Crippen LogP contribution in [0.5, 0.6) is 5.75 Å². The quantitative estimate of drug-likeness (QED) is 0.494. The van der Waals surface area contributed by atoms with Gasteiger partial charge in [0.25, 0.3) is 11.6 Å². The smallest absolute Gasteiger partial charge is 0.273 e. The van der Waals surface area contributed by atoms with Crippen LogP contribution in [0.25, 0.3) is 0 Å². The summed E-state index contributed by atoms with van der Waals surface area (Å²) in [5.41, 5.74) is 4.44. The second-order valence-electron chi connectivity index (χ2n) is 5.35. The van der Waals surface area contributed by atoms with Crippen molar-refractivity contribution >= 4 is 17.3 Å². The average Bonchev–Trinajstić information content (AvgIpc) is 2.60. The normalized spacial score (nSPS) is 11.1. The van der Waals surface area contributed by atoms with E-state index >= 15 is 0 Å². The number of hydrazone groups is 1. The van der Waals surface area contributed by atoms with Crippen LogP contribution < -0.4 is 10.2 Å². The lowest BCUT2D eigenvalue weighted by molar-refractivity contribution is -0.385. The van der Waals surface area contributed by atoms with E-state index in [1.54, 1.807) is 13.8 Å². The van der Waals surface area contributed by atoms with Crippen LogP contribution >= 0.6 is 0 Å². The van der Waals surface area contributed by atoms with E-state index in [-0.39, 0.29) is 11.3 Å². The highest BCUT2D eigenvalue weighted by Crippen LogP contribution is 2.19. The Morgan fingerprint density at radius 3 is 2.44 bits per heavy atom. The molecule has 0 unspecified atom stereocenters. The molecular formula is C18H19N3O4. The van der Waals surface area contributed by atoms with E-state index in [2.05, 4.69) is 10.5 Å². The molecule has 2 aromatic rings. The Balaban J connectivity index is 2.11. The van der Waals surface area contributed by atoms with Crippen molar-refractivity contribution in [2.45, 2.75) is 20.8 Å². The lowest BCUT2D eigenvalue weighted by atomic mass is 10.1. The van der Waals surface area contributed by atoms with Crippen molar-refractivity contribution in [3.05, 3.63) is 69.3 Å². The van der Waals surface area contributed by atoms with Crippen LogP contribution in [0.2, 0.25) is 0 Å². The van der Waals surface area contributed by atoms with Crippen LogP contribution in [0, 0.1) is 17.0 Å². The molecule has 0 aromatic heterocycles. The largest absolute Gasteiger partial charge is 0.494 e. The van der Waals surface area contributed by atoms with Crippen molar-refractivity contribution in [3.8, 4) is 5.75 Å². The highest BCUT2D eigenvalue weighted by Gasteiger charge is 2.14. The van der Waals surface area contributed by atoms with Crippen LogP contribution in [0.4, 0.5) is 5.69 Å². The van der Waals surface area contributed by atoms with Crippen molar-refractivity contribution in [2.24, 2.45) is 5.10 Å². The maximum absolute atomic E-state index is 12.1. The second-order valence-corrected chi connectivity index (χ2v) is 5.35. The average molecular weight is 341 g/mol. The number of rotatable bonds is 6. The van der Waals surface area contributed by atoms with Gasteiger partial charge in [0.1, 0.15) is 5.75 Å². The zero-order chi connectivity index (χ0) is 18.4. The number of carbonyl (C=O) groups excluding carboxylic acids is 1. The Morgan fingerprint density at radius 2 is 1.84 bits per heavy atom. The molecule has 0 saturated carbocycles. The topological polar surface area (TPSA) is 93.8 Å². The molecule has 0 radical (unpaired) electrons. The van der Waals surface area contributed by atoms with Gasteiger partial charge < -0.3 is 4.74 Å². The van der Waals surface area contributed by atoms with Gasteiger partial charge in [0, 0.05) is 17.2 Å². The summed E-state index contributed by atoms with van der Waals surface area (Å²) in [5, 5.41) is 15.0. The molecule has 1 amide bonds. The summed E-state index contributed by atoms with van der Waals surface area (Å²) in [6.07, 6.45) is 0. The molecular weight excluding hydrogens is 322 g/mol. The Labute approximate surface area is 145 Å². The van der Waals surface area contributed by atoms with Gasteiger partial charge in [0.2, 0.25) is 0 Å². The van der Waals surface area contributed by atoms with E-state index in [0.29, 0.717) is 17.9 Å².